The Hall–Kier alpha value is -1.75. The number of carbonyl (C=O) groups excluding carboxylic acids is 1. The maximum absolute atomic E-state index is 11.7. The average molecular weight is 249 g/mol. The van der Waals surface area contributed by atoms with Gasteiger partial charge in [0.05, 0.1) is 5.60 Å². The van der Waals surface area contributed by atoms with Crippen molar-refractivity contribution in [3.8, 4) is 0 Å². The number of anilines is 2. The first-order valence-electron chi connectivity index (χ1n) is 6.09. The van der Waals surface area contributed by atoms with Gasteiger partial charge in [-0.25, -0.2) is 4.79 Å². The highest BCUT2D eigenvalue weighted by Crippen LogP contribution is 2.34. The van der Waals surface area contributed by atoms with E-state index >= 15 is 0 Å². The molecule has 0 atom stereocenters. The smallest absolute Gasteiger partial charge is 0.319 e. The van der Waals surface area contributed by atoms with Crippen molar-refractivity contribution >= 4 is 17.4 Å². The maximum atomic E-state index is 11.7. The van der Waals surface area contributed by atoms with E-state index in [4.69, 9.17) is 10.5 Å². The molecule has 0 aliphatic heterocycles. The molecule has 0 unspecified atom stereocenters. The molecule has 0 aromatic heterocycles. The van der Waals surface area contributed by atoms with Gasteiger partial charge in [0.25, 0.3) is 0 Å². The van der Waals surface area contributed by atoms with Crippen LogP contribution >= 0.6 is 0 Å². The second-order valence-corrected chi connectivity index (χ2v) is 4.67. The lowest BCUT2D eigenvalue weighted by molar-refractivity contribution is -0.0671. The third-order valence-electron chi connectivity index (χ3n) is 3.41. The zero-order valence-corrected chi connectivity index (χ0v) is 10.5. The summed E-state index contributed by atoms with van der Waals surface area (Å²) in [6, 6.07) is 6.86. The second-order valence-electron chi connectivity index (χ2n) is 4.67. The summed E-state index contributed by atoms with van der Waals surface area (Å²) in [5.74, 6) is 0. The van der Waals surface area contributed by atoms with Crippen LogP contribution in [0.1, 0.15) is 19.3 Å². The Balaban J connectivity index is 1.82. The van der Waals surface area contributed by atoms with Gasteiger partial charge in [0.1, 0.15) is 0 Å². The second kappa shape index (κ2) is 5.27. The van der Waals surface area contributed by atoms with Crippen LogP contribution in [-0.2, 0) is 4.74 Å². The first-order chi connectivity index (χ1) is 8.63. The molecule has 2 amide bonds. The van der Waals surface area contributed by atoms with E-state index in [-0.39, 0.29) is 11.6 Å². The third kappa shape index (κ3) is 2.92. The van der Waals surface area contributed by atoms with E-state index in [1.807, 2.05) is 0 Å². The summed E-state index contributed by atoms with van der Waals surface area (Å²) in [5.41, 5.74) is 6.79. The minimum absolute atomic E-state index is 0.160. The molecule has 0 radical (unpaired) electrons. The largest absolute Gasteiger partial charge is 0.399 e. The molecule has 18 heavy (non-hydrogen) atoms. The van der Waals surface area contributed by atoms with Crippen LogP contribution in [0.5, 0.6) is 0 Å². The summed E-state index contributed by atoms with van der Waals surface area (Å²) in [7, 11) is 1.69. The number of methoxy groups -OCH3 is 1. The number of ether oxygens (including phenoxy) is 1. The van der Waals surface area contributed by atoms with Crippen LogP contribution in [0.3, 0.4) is 0 Å². The van der Waals surface area contributed by atoms with Crippen molar-refractivity contribution in [2.24, 2.45) is 0 Å². The molecular weight excluding hydrogens is 230 g/mol. The van der Waals surface area contributed by atoms with Gasteiger partial charge in [-0.2, -0.15) is 0 Å². The van der Waals surface area contributed by atoms with Crippen LogP contribution < -0.4 is 16.4 Å². The van der Waals surface area contributed by atoms with Crippen LogP contribution in [0.4, 0.5) is 16.2 Å². The highest BCUT2D eigenvalue weighted by Gasteiger charge is 2.37. The van der Waals surface area contributed by atoms with Crippen molar-refractivity contribution in [1.29, 1.82) is 0 Å². The molecule has 98 valence electrons. The monoisotopic (exact) mass is 249 g/mol. The predicted octanol–water partition coefficient (Wildman–Crippen LogP) is 1.96. The summed E-state index contributed by atoms with van der Waals surface area (Å²) in [5, 5.41) is 5.57. The number of nitrogens with one attached hydrogen (secondary N) is 2. The van der Waals surface area contributed by atoms with Gasteiger partial charge in [-0.3, -0.25) is 0 Å². The molecule has 5 nitrogen and oxygen atoms in total. The summed E-state index contributed by atoms with van der Waals surface area (Å²) in [6.45, 7) is 0.539. The van der Waals surface area contributed by atoms with E-state index in [0.29, 0.717) is 17.9 Å². The fourth-order valence-corrected chi connectivity index (χ4v) is 2.06. The fourth-order valence-electron chi connectivity index (χ4n) is 2.06. The normalized spacial score (nSPS) is 16.7. The number of hydrogen-bond acceptors (Lipinski definition) is 3. The van der Waals surface area contributed by atoms with Gasteiger partial charge in [0, 0.05) is 25.0 Å². The Morgan fingerprint density at radius 2 is 2.28 bits per heavy atom. The molecule has 1 saturated carbocycles. The summed E-state index contributed by atoms with van der Waals surface area (Å²) in [4.78, 5) is 11.7. The number of amides is 2. The Labute approximate surface area is 107 Å². The molecule has 1 aliphatic carbocycles. The van der Waals surface area contributed by atoms with Crippen LogP contribution in [0.2, 0.25) is 0 Å². The Bertz CT molecular complexity index is 424. The van der Waals surface area contributed by atoms with Crippen LogP contribution in [-0.4, -0.2) is 25.3 Å². The van der Waals surface area contributed by atoms with Crippen molar-refractivity contribution in [2.45, 2.75) is 24.9 Å². The highest BCUT2D eigenvalue weighted by atomic mass is 16.5. The third-order valence-corrected chi connectivity index (χ3v) is 3.41. The first-order valence-corrected chi connectivity index (χ1v) is 6.09. The molecule has 2 rings (SSSR count). The molecule has 1 aromatic rings. The zero-order valence-electron chi connectivity index (χ0n) is 10.5. The van der Waals surface area contributed by atoms with Crippen molar-refractivity contribution in [3.63, 3.8) is 0 Å². The maximum Gasteiger partial charge on any atom is 0.319 e. The van der Waals surface area contributed by atoms with Crippen molar-refractivity contribution in [2.75, 3.05) is 24.7 Å². The molecule has 1 aliphatic rings. The van der Waals surface area contributed by atoms with Crippen LogP contribution in [0.25, 0.3) is 0 Å². The van der Waals surface area contributed by atoms with Crippen molar-refractivity contribution < 1.29 is 9.53 Å². The zero-order chi connectivity index (χ0) is 13.0. The minimum atomic E-state index is -0.232. The Morgan fingerprint density at radius 1 is 1.50 bits per heavy atom. The minimum Gasteiger partial charge on any atom is -0.399 e. The summed E-state index contributed by atoms with van der Waals surface area (Å²) in [6.07, 6.45) is 3.16. The van der Waals surface area contributed by atoms with Gasteiger partial charge in [-0.1, -0.05) is 6.07 Å². The number of benzene rings is 1. The molecular formula is C13H19N3O2. The number of hydrogen-bond donors (Lipinski definition) is 3. The Morgan fingerprint density at radius 3 is 2.83 bits per heavy atom. The van der Waals surface area contributed by atoms with Gasteiger partial charge < -0.3 is 21.1 Å². The molecule has 0 heterocycles. The number of rotatable bonds is 4. The number of nitrogens with two attached hydrogens (primary N) is 1. The van der Waals surface area contributed by atoms with Gasteiger partial charge in [-0.15, -0.1) is 0 Å². The molecule has 1 aromatic carbocycles. The Kier molecular flexibility index (Phi) is 3.72. The molecule has 0 saturated heterocycles. The standard InChI is InChI=1S/C13H19N3O2/c1-18-13(6-3-7-13)9-15-12(17)16-11-5-2-4-10(14)8-11/h2,4-5,8H,3,6-7,9,14H2,1H3,(H2,15,16,17). The topological polar surface area (TPSA) is 76.4 Å². The van der Waals surface area contributed by atoms with Gasteiger partial charge in [0.2, 0.25) is 0 Å². The lowest BCUT2D eigenvalue weighted by Gasteiger charge is -2.40. The number of urea groups is 1. The molecule has 0 spiro atoms. The van der Waals surface area contributed by atoms with E-state index in [2.05, 4.69) is 10.6 Å². The van der Waals surface area contributed by atoms with Crippen LogP contribution in [0.15, 0.2) is 24.3 Å². The van der Waals surface area contributed by atoms with Crippen molar-refractivity contribution in [1.82, 2.24) is 5.32 Å². The van der Waals surface area contributed by atoms with E-state index in [0.717, 1.165) is 19.3 Å². The van der Waals surface area contributed by atoms with Crippen LogP contribution in [0, 0.1) is 0 Å². The van der Waals surface area contributed by atoms with E-state index < -0.39 is 0 Å². The lowest BCUT2D eigenvalue weighted by atomic mass is 9.80. The highest BCUT2D eigenvalue weighted by molar-refractivity contribution is 5.89. The van der Waals surface area contributed by atoms with E-state index in [1.54, 1.807) is 31.4 Å². The number of carbonyl (C=O) groups is 1. The van der Waals surface area contributed by atoms with Gasteiger partial charge >= 0.3 is 6.03 Å². The number of nitrogen functional groups attached to an aromatic ring is 1. The van der Waals surface area contributed by atoms with Crippen molar-refractivity contribution in [3.05, 3.63) is 24.3 Å². The quantitative estimate of drug-likeness (QED) is 0.714. The first kappa shape index (κ1) is 12.7. The van der Waals surface area contributed by atoms with E-state index in [9.17, 15) is 4.79 Å². The van der Waals surface area contributed by atoms with Gasteiger partial charge in [-0.05, 0) is 37.5 Å². The molecule has 0 bridgehead atoms. The lowest BCUT2D eigenvalue weighted by Crippen LogP contribution is -2.50. The molecule has 5 heteroatoms. The average Bonchev–Trinajstić information content (AvgIpc) is 2.28. The molecule has 1 fully saturated rings. The van der Waals surface area contributed by atoms with Gasteiger partial charge in [0.15, 0.2) is 0 Å². The SMILES string of the molecule is COC1(CNC(=O)Nc2cccc(N)c2)CCC1. The predicted molar refractivity (Wildman–Crippen MR) is 71.5 cm³/mol. The fraction of sp³-hybridized carbons (Fsp3) is 0.462. The summed E-state index contributed by atoms with van der Waals surface area (Å²) < 4.78 is 5.43. The van der Waals surface area contributed by atoms with E-state index in [1.165, 1.54) is 0 Å². The summed E-state index contributed by atoms with van der Waals surface area (Å²) >= 11 is 0. The molecule has 4 N–H and O–H groups in total.